The van der Waals surface area contributed by atoms with Gasteiger partial charge in [0.2, 0.25) is 0 Å². The largest absolute Gasteiger partial charge is 0.347 e. The Morgan fingerprint density at radius 3 is 2.84 bits per heavy atom. The van der Waals surface area contributed by atoms with Crippen molar-refractivity contribution in [2.45, 2.75) is 39.9 Å². The molecule has 1 N–H and O–H groups in total. The monoisotopic (exact) mass is 295 g/mol. The number of thiazole rings is 1. The van der Waals surface area contributed by atoms with E-state index in [4.69, 9.17) is 0 Å². The highest BCUT2D eigenvalue weighted by Crippen LogP contribution is 2.26. The normalized spacial score (nSPS) is 11.2. The summed E-state index contributed by atoms with van der Waals surface area (Å²) in [7, 11) is 2.11. The topological polar surface area (TPSA) is 28.2 Å². The van der Waals surface area contributed by atoms with Crippen LogP contribution in [0.3, 0.4) is 0 Å². The van der Waals surface area contributed by atoms with E-state index in [2.05, 4.69) is 59.8 Å². The van der Waals surface area contributed by atoms with Crippen molar-refractivity contribution in [2.24, 2.45) is 0 Å². The van der Waals surface area contributed by atoms with Gasteiger partial charge in [0.15, 0.2) is 5.13 Å². The van der Waals surface area contributed by atoms with Crippen molar-refractivity contribution in [2.75, 3.05) is 11.9 Å². The molecule has 0 saturated carbocycles. The van der Waals surface area contributed by atoms with E-state index < -0.39 is 0 Å². The van der Waals surface area contributed by atoms with Gasteiger partial charge in [0.25, 0.3) is 0 Å². The molecule has 19 heavy (non-hydrogen) atoms. The minimum Gasteiger partial charge on any atom is -0.347 e. The van der Waals surface area contributed by atoms with Gasteiger partial charge in [-0.3, -0.25) is 0 Å². The molecule has 2 heterocycles. The van der Waals surface area contributed by atoms with Crippen LogP contribution in [0.15, 0.2) is 16.8 Å². The smallest absolute Gasteiger partial charge is 0.185 e. The van der Waals surface area contributed by atoms with Crippen LogP contribution in [-0.4, -0.2) is 18.1 Å². The third-order valence-electron chi connectivity index (χ3n) is 2.88. The molecule has 0 aliphatic heterocycles. The zero-order valence-corrected chi connectivity index (χ0v) is 13.6. The van der Waals surface area contributed by atoms with Crippen LogP contribution in [0, 0.1) is 6.92 Å². The third-order valence-corrected chi connectivity index (χ3v) is 4.88. The maximum Gasteiger partial charge on any atom is 0.185 e. The first kappa shape index (κ1) is 14.5. The zero-order valence-electron chi connectivity index (χ0n) is 11.9. The van der Waals surface area contributed by atoms with Crippen molar-refractivity contribution >= 4 is 27.8 Å². The minimum absolute atomic E-state index is 0.508. The minimum atomic E-state index is 0.508. The third kappa shape index (κ3) is 4.03. The molecule has 5 heteroatoms. The lowest BCUT2D eigenvalue weighted by Crippen LogP contribution is -2.21. The summed E-state index contributed by atoms with van der Waals surface area (Å²) in [6.07, 6.45) is 0. The SMILES string of the molecule is Cc1nc(N(C)Cc2ccsc2)sc1CNC(C)C. The molecule has 0 saturated heterocycles. The van der Waals surface area contributed by atoms with Gasteiger partial charge in [-0.15, -0.1) is 11.3 Å². The summed E-state index contributed by atoms with van der Waals surface area (Å²) in [5.74, 6) is 0. The highest BCUT2D eigenvalue weighted by atomic mass is 32.1. The molecule has 0 aromatic carbocycles. The van der Waals surface area contributed by atoms with Crippen molar-refractivity contribution in [3.05, 3.63) is 33.0 Å². The maximum absolute atomic E-state index is 4.68. The standard InChI is InChI=1S/C14H21N3S2/c1-10(2)15-7-13-11(3)16-14(19-13)17(4)8-12-5-6-18-9-12/h5-6,9-10,15H,7-8H2,1-4H3. The van der Waals surface area contributed by atoms with Crippen molar-refractivity contribution < 1.29 is 0 Å². The predicted molar refractivity (Wildman–Crippen MR) is 85.3 cm³/mol. The van der Waals surface area contributed by atoms with Gasteiger partial charge in [-0.25, -0.2) is 4.98 Å². The van der Waals surface area contributed by atoms with Crippen LogP contribution in [0.4, 0.5) is 5.13 Å². The fourth-order valence-electron chi connectivity index (χ4n) is 1.76. The highest BCUT2D eigenvalue weighted by molar-refractivity contribution is 7.15. The quantitative estimate of drug-likeness (QED) is 0.882. The summed E-state index contributed by atoms with van der Waals surface area (Å²) < 4.78 is 0. The number of rotatable bonds is 6. The molecule has 0 spiro atoms. The number of hydrogen-bond acceptors (Lipinski definition) is 5. The van der Waals surface area contributed by atoms with Crippen LogP contribution in [0.2, 0.25) is 0 Å². The number of hydrogen-bond donors (Lipinski definition) is 1. The van der Waals surface area contributed by atoms with E-state index in [1.54, 1.807) is 22.7 Å². The van der Waals surface area contributed by atoms with Crippen LogP contribution in [0.5, 0.6) is 0 Å². The zero-order chi connectivity index (χ0) is 13.8. The molecular formula is C14H21N3S2. The van der Waals surface area contributed by atoms with E-state index in [1.165, 1.54) is 10.4 Å². The number of aryl methyl sites for hydroxylation is 1. The van der Waals surface area contributed by atoms with Crippen LogP contribution < -0.4 is 10.2 Å². The lowest BCUT2D eigenvalue weighted by atomic mass is 10.3. The number of anilines is 1. The molecule has 2 aromatic heterocycles. The second-order valence-electron chi connectivity index (χ2n) is 5.03. The summed E-state index contributed by atoms with van der Waals surface area (Å²) in [4.78, 5) is 8.23. The lowest BCUT2D eigenvalue weighted by molar-refractivity contribution is 0.591. The van der Waals surface area contributed by atoms with E-state index in [9.17, 15) is 0 Å². The summed E-state index contributed by atoms with van der Waals surface area (Å²) in [6, 6.07) is 2.68. The van der Waals surface area contributed by atoms with E-state index in [-0.39, 0.29) is 0 Å². The fourth-order valence-corrected chi connectivity index (χ4v) is 3.39. The molecule has 0 bridgehead atoms. The predicted octanol–water partition coefficient (Wildman–Crippen LogP) is 3.65. The summed E-state index contributed by atoms with van der Waals surface area (Å²) in [5, 5.41) is 8.87. The Morgan fingerprint density at radius 2 is 2.21 bits per heavy atom. The van der Waals surface area contributed by atoms with Gasteiger partial charge in [-0.1, -0.05) is 13.8 Å². The molecule has 0 radical (unpaired) electrons. The van der Waals surface area contributed by atoms with E-state index in [1.807, 2.05) is 0 Å². The van der Waals surface area contributed by atoms with Gasteiger partial charge in [0, 0.05) is 31.1 Å². The van der Waals surface area contributed by atoms with E-state index >= 15 is 0 Å². The van der Waals surface area contributed by atoms with E-state index in [0.29, 0.717) is 6.04 Å². The van der Waals surface area contributed by atoms with Gasteiger partial charge in [0.05, 0.1) is 5.69 Å². The Hall–Kier alpha value is -0.910. The van der Waals surface area contributed by atoms with Gasteiger partial charge < -0.3 is 10.2 Å². The van der Waals surface area contributed by atoms with Crippen LogP contribution in [-0.2, 0) is 13.1 Å². The Morgan fingerprint density at radius 1 is 1.42 bits per heavy atom. The van der Waals surface area contributed by atoms with Gasteiger partial charge >= 0.3 is 0 Å². The lowest BCUT2D eigenvalue weighted by Gasteiger charge is -2.14. The van der Waals surface area contributed by atoms with Gasteiger partial charge in [0.1, 0.15) is 0 Å². The molecule has 2 aromatic rings. The average Bonchev–Trinajstić information content (AvgIpc) is 2.96. The Balaban J connectivity index is 2.02. The molecule has 0 aliphatic rings. The molecule has 0 aliphatic carbocycles. The molecule has 0 fully saturated rings. The first-order chi connectivity index (χ1) is 9.06. The molecule has 3 nitrogen and oxygen atoms in total. The molecule has 104 valence electrons. The van der Waals surface area contributed by atoms with E-state index in [0.717, 1.165) is 23.9 Å². The summed E-state index contributed by atoms with van der Waals surface area (Å²) in [5.41, 5.74) is 2.49. The second-order valence-corrected chi connectivity index (χ2v) is 6.87. The average molecular weight is 295 g/mol. The van der Waals surface area contributed by atoms with Crippen molar-refractivity contribution in [1.29, 1.82) is 0 Å². The molecule has 0 amide bonds. The van der Waals surface area contributed by atoms with Crippen molar-refractivity contribution in [3.63, 3.8) is 0 Å². The van der Waals surface area contributed by atoms with Gasteiger partial charge in [-0.05, 0) is 29.3 Å². The first-order valence-corrected chi connectivity index (χ1v) is 8.24. The Bertz CT molecular complexity index is 503. The van der Waals surface area contributed by atoms with Crippen molar-refractivity contribution in [3.8, 4) is 0 Å². The number of nitrogens with one attached hydrogen (secondary N) is 1. The number of thiophene rings is 1. The fraction of sp³-hybridized carbons (Fsp3) is 0.500. The molecule has 0 atom stereocenters. The molecule has 0 unspecified atom stereocenters. The second kappa shape index (κ2) is 6.50. The number of nitrogens with zero attached hydrogens (tertiary/aromatic N) is 2. The maximum atomic E-state index is 4.68. The Kier molecular flexibility index (Phi) is 4.96. The van der Waals surface area contributed by atoms with Crippen LogP contribution >= 0.6 is 22.7 Å². The van der Waals surface area contributed by atoms with Gasteiger partial charge in [-0.2, -0.15) is 11.3 Å². The molecule has 2 rings (SSSR count). The van der Waals surface area contributed by atoms with Crippen LogP contribution in [0.25, 0.3) is 0 Å². The summed E-state index contributed by atoms with van der Waals surface area (Å²) in [6.45, 7) is 8.26. The first-order valence-electron chi connectivity index (χ1n) is 6.48. The molecular weight excluding hydrogens is 274 g/mol. The summed E-state index contributed by atoms with van der Waals surface area (Å²) >= 11 is 3.53. The number of aromatic nitrogens is 1. The van der Waals surface area contributed by atoms with Crippen molar-refractivity contribution in [1.82, 2.24) is 10.3 Å². The highest BCUT2D eigenvalue weighted by Gasteiger charge is 2.11. The Labute approximate surface area is 123 Å². The van der Waals surface area contributed by atoms with Crippen LogP contribution in [0.1, 0.15) is 30.0 Å².